The van der Waals surface area contributed by atoms with E-state index in [4.69, 9.17) is 0 Å². The Morgan fingerprint density at radius 2 is 1.86 bits per heavy atom. The second-order valence-electron chi connectivity index (χ2n) is 6.49. The third-order valence-corrected chi connectivity index (χ3v) is 5.02. The quantitative estimate of drug-likeness (QED) is 0.835. The van der Waals surface area contributed by atoms with Crippen LogP contribution in [0.3, 0.4) is 0 Å². The van der Waals surface area contributed by atoms with Gasteiger partial charge in [0.1, 0.15) is 5.82 Å². The summed E-state index contributed by atoms with van der Waals surface area (Å²) in [5.41, 5.74) is 0.807. The van der Waals surface area contributed by atoms with Crippen molar-refractivity contribution in [3.63, 3.8) is 0 Å². The van der Waals surface area contributed by atoms with E-state index in [1.54, 1.807) is 6.07 Å². The average molecular weight is 304 g/mol. The molecular formula is C18H25FN2O. The molecule has 22 heavy (non-hydrogen) atoms. The number of rotatable bonds is 5. The fourth-order valence-corrected chi connectivity index (χ4v) is 3.30. The summed E-state index contributed by atoms with van der Waals surface area (Å²) in [7, 11) is 0. The molecule has 0 aromatic heterocycles. The highest BCUT2D eigenvalue weighted by Crippen LogP contribution is 2.28. The maximum absolute atomic E-state index is 13.6. The molecule has 1 heterocycles. The van der Waals surface area contributed by atoms with Crippen molar-refractivity contribution in [2.24, 2.45) is 5.92 Å². The van der Waals surface area contributed by atoms with Crippen molar-refractivity contribution >= 4 is 5.91 Å². The summed E-state index contributed by atoms with van der Waals surface area (Å²) >= 11 is 0. The van der Waals surface area contributed by atoms with E-state index >= 15 is 0 Å². The molecule has 1 saturated carbocycles. The van der Waals surface area contributed by atoms with Gasteiger partial charge in [0.05, 0.1) is 0 Å². The molecule has 0 radical (unpaired) electrons. The molecule has 0 atom stereocenters. The van der Waals surface area contributed by atoms with E-state index in [1.165, 1.54) is 12.5 Å². The lowest BCUT2D eigenvalue weighted by Gasteiger charge is -2.38. The molecule has 3 rings (SSSR count). The summed E-state index contributed by atoms with van der Waals surface area (Å²) < 4.78 is 13.6. The highest BCUT2D eigenvalue weighted by atomic mass is 19.1. The first-order valence-corrected chi connectivity index (χ1v) is 8.48. The number of aryl methyl sites for hydroxylation is 1. The van der Waals surface area contributed by atoms with Gasteiger partial charge in [-0.05, 0) is 43.9 Å². The Balaban J connectivity index is 1.37. The van der Waals surface area contributed by atoms with E-state index in [0.29, 0.717) is 11.8 Å². The number of carbonyl (C=O) groups excluding carboxylic acids is 1. The van der Waals surface area contributed by atoms with E-state index < -0.39 is 0 Å². The van der Waals surface area contributed by atoms with Gasteiger partial charge >= 0.3 is 0 Å². The number of amides is 1. The Bertz CT molecular complexity index is 508. The standard InChI is InChI=1S/C18H25FN2O/c19-17-9-2-1-5-15(17)8-4-10-20-11-13-21(14-12-20)18(22)16-6-3-7-16/h1-2,5,9,16H,3-4,6-8,10-14H2. The highest BCUT2D eigenvalue weighted by molar-refractivity contribution is 5.79. The highest BCUT2D eigenvalue weighted by Gasteiger charge is 2.30. The minimum absolute atomic E-state index is 0.0987. The summed E-state index contributed by atoms with van der Waals surface area (Å²) in [5.74, 6) is 0.586. The minimum Gasteiger partial charge on any atom is -0.340 e. The van der Waals surface area contributed by atoms with Gasteiger partial charge in [-0.15, -0.1) is 0 Å². The second-order valence-corrected chi connectivity index (χ2v) is 6.49. The molecular weight excluding hydrogens is 279 g/mol. The van der Waals surface area contributed by atoms with E-state index in [9.17, 15) is 9.18 Å². The number of benzene rings is 1. The van der Waals surface area contributed by atoms with Crippen molar-refractivity contribution in [3.05, 3.63) is 35.6 Å². The van der Waals surface area contributed by atoms with E-state index in [-0.39, 0.29) is 5.82 Å². The van der Waals surface area contributed by atoms with Crippen molar-refractivity contribution in [2.75, 3.05) is 32.7 Å². The molecule has 1 amide bonds. The van der Waals surface area contributed by atoms with Crippen LogP contribution in [0.1, 0.15) is 31.2 Å². The van der Waals surface area contributed by atoms with Gasteiger partial charge in [-0.3, -0.25) is 9.69 Å². The maximum atomic E-state index is 13.6. The Morgan fingerprint density at radius 1 is 1.14 bits per heavy atom. The van der Waals surface area contributed by atoms with E-state index in [0.717, 1.165) is 64.0 Å². The summed E-state index contributed by atoms with van der Waals surface area (Å²) in [4.78, 5) is 16.6. The molecule has 0 spiro atoms. The second kappa shape index (κ2) is 7.23. The average Bonchev–Trinajstić information content (AvgIpc) is 2.48. The van der Waals surface area contributed by atoms with Crippen LogP contribution in [0, 0.1) is 11.7 Å². The molecule has 1 saturated heterocycles. The lowest BCUT2D eigenvalue weighted by Crippen LogP contribution is -2.51. The van der Waals surface area contributed by atoms with Crippen molar-refractivity contribution in [2.45, 2.75) is 32.1 Å². The SMILES string of the molecule is O=C(C1CCC1)N1CCN(CCCc2ccccc2F)CC1. The molecule has 0 bridgehead atoms. The largest absolute Gasteiger partial charge is 0.340 e. The zero-order chi connectivity index (χ0) is 15.4. The monoisotopic (exact) mass is 304 g/mol. The molecule has 1 aliphatic carbocycles. The molecule has 1 aromatic rings. The van der Waals surface area contributed by atoms with Gasteiger partial charge in [0.2, 0.25) is 5.91 Å². The Hall–Kier alpha value is -1.42. The maximum Gasteiger partial charge on any atom is 0.225 e. The summed E-state index contributed by atoms with van der Waals surface area (Å²) in [6, 6.07) is 7.02. The van der Waals surface area contributed by atoms with Crippen LogP contribution in [0.4, 0.5) is 4.39 Å². The number of nitrogens with zero attached hydrogens (tertiary/aromatic N) is 2. The number of carbonyl (C=O) groups is 1. The molecule has 0 unspecified atom stereocenters. The fraction of sp³-hybridized carbons (Fsp3) is 0.611. The van der Waals surface area contributed by atoms with Crippen LogP contribution in [-0.2, 0) is 11.2 Å². The topological polar surface area (TPSA) is 23.6 Å². The molecule has 0 N–H and O–H groups in total. The Morgan fingerprint density at radius 3 is 2.50 bits per heavy atom. The molecule has 1 aliphatic heterocycles. The first kappa shape index (κ1) is 15.5. The molecule has 1 aromatic carbocycles. The first-order valence-electron chi connectivity index (χ1n) is 8.48. The first-order chi connectivity index (χ1) is 10.7. The zero-order valence-corrected chi connectivity index (χ0v) is 13.1. The van der Waals surface area contributed by atoms with Crippen LogP contribution in [0.15, 0.2) is 24.3 Å². The lowest BCUT2D eigenvalue weighted by molar-refractivity contribution is -0.139. The van der Waals surface area contributed by atoms with Crippen LogP contribution >= 0.6 is 0 Å². The van der Waals surface area contributed by atoms with Crippen molar-refractivity contribution < 1.29 is 9.18 Å². The molecule has 3 nitrogen and oxygen atoms in total. The van der Waals surface area contributed by atoms with E-state index in [1.807, 2.05) is 17.0 Å². The third-order valence-electron chi connectivity index (χ3n) is 5.02. The number of halogens is 1. The summed E-state index contributed by atoms with van der Waals surface area (Å²) in [6.07, 6.45) is 5.14. The lowest BCUT2D eigenvalue weighted by atomic mass is 9.84. The number of hydrogen-bond donors (Lipinski definition) is 0. The van der Waals surface area contributed by atoms with Crippen molar-refractivity contribution in [3.8, 4) is 0 Å². The normalized spacial score (nSPS) is 20.0. The van der Waals surface area contributed by atoms with Gasteiger partial charge in [0, 0.05) is 32.1 Å². The predicted octanol–water partition coefficient (Wildman–Crippen LogP) is 2.70. The van der Waals surface area contributed by atoms with Gasteiger partial charge in [-0.2, -0.15) is 0 Å². The van der Waals surface area contributed by atoms with Crippen LogP contribution in [-0.4, -0.2) is 48.4 Å². The Labute approximate surface area is 132 Å². The summed E-state index contributed by atoms with van der Waals surface area (Å²) in [6.45, 7) is 4.61. The molecule has 2 aliphatic rings. The summed E-state index contributed by atoms with van der Waals surface area (Å²) in [5, 5.41) is 0. The zero-order valence-electron chi connectivity index (χ0n) is 13.1. The molecule has 4 heteroatoms. The van der Waals surface area contributed by atoms with Crippen LogP contribution in [0.2, 0.25) is 0 Å². The van der Waals surface area contributed by atoms with Crippen molar-refractivity contribution in [1.29, 1.82) is 0 Å². The van der Waals surface area contributed by atoms with Gasteiger partial charge in [-0.25, -0.2) is 4.39 Å². The molecule has 120 valence electrons. The Kier molecular flexibility index (Phi) is 5.08. The third kappa shape index (κ3) is 3.67. The van der Waals surface area contributed by atoms with Gasteiger partial charge in [0.25, 0.3) is 0 Å². The van der Waals surface area contributed by atoms with Crippen LogP contribution < -0.4 is 0 Å². The van der Waals surface area contributed by atoms with Crippen LogP contribution in [0.5, 0.6) is 0 Å². The van der Waals surface area contributed by atoms with Gasteiger partial charge < -0.3 is 4.90 Å². The smallest absolute Gasteiger partial charge is 0.225 e. The number of piperazine rings is 1. The predicted molar refractivity (Wildman–Crippen MR) is 85.1 cm³/mol. The molecule has 2 fully saturated rings. The van der Waals surface area contributed by atoms with Crippen molar-refractivity contribution in [1.82, 2.24) is 9.80 Å². The number of hydrogen-bond acceptors (Lipinski definition) is 2. The fourth-order valence-electron chi connectivity index (χ4n) is 3.30. The van der Waals surface area contributed by atoms with Crippen LogP contribution in [0.25, 0.3) is 0 Å². The minimum atomic E-state index is -0.0987. The van der Waals surface area contributed by atoms with Gasteiger partial charge in [-0.1, -0.05) is 24.6 Å². The van der Waals surface area contributed by atoms with Gasteiger partial charge in [0.15, 0.2) is 0 Å². The van der Waals surface area contributed by atoms with E-state index in [2.05, 4.69) is 4.90 Å².